The third-order valence-electron chi connectivity index (χ3n) is 2.72. The second-order valence-electron chi connectivity index (χ2n) is 3.94. The molecule has 0 aliphatic carbocycles. The molecule has 0 bridgehead atoms. The van der Waals surface area contributed by atoms with E-state index in [1.807, 2.05) is 13.8 Å². The van der Waals surface area contributed by atoms with Crippen molar-refractivity contribution >= 4 is 5.97 Å². The highest BCUT2D eigenvalue weighted by Gasteiger charge is 2.21. The molecule has 82 valence electrons. The molecule has 3 nitrogen and oxygen atoms in total. The molecule has 0 radical (unpaired) electrons. The summed E-state index contributed by atoms with van der Waals surface area (Å²) in [6, 6.07) is 0. The topological polar surface area (TPSA) is 35.5 Å². The van der Waals surface area contributed by atoms with Crippen LogP contribution in [0.2, 0.25) is 0 Å². The molecular weight excluding hydrogens is 180 g/mol. The number of rotatable bonds is 4. The summed E-state index contributed by atoms with van der Waals surface area (Å²) in [6.45, 7) is 5.98. The lowest BCUT2D eigenvalue weighted by atomic mass is 9.90. The van der Waals surface area contributed by atoms with Crippen LogP contribution in [0.25, 0.3) is 0 Å². The summed E-state index contributed by atoms with van der Waals surface area (Å²) in [5.74, 6) is 0.625. The number of hydrogen-bond donors (Lipinski definition) is 0. The Balaban J connectivity index is 2.24. The van der Waals surface area contributed by atoms with Gasteiger partial charge in [-0.3, -0.25) is 4.79 Å². The SMILES string of the molecule is CCOC(=O)[C@@H](C)CC1CCOCC1. The fourth-order valence-electron chi connectivity index (χ4n) is 1.86. The third-order valence-corrected chi connectivity index (χ3v) is 2.72. The molecule has 1 atom stereocenters. The van der Waals surface area contributed by atoms with E-state index in [-0.39, 0.29) is 11.9 Å². The molecule has 1 aliphatic heterocycles. The van der Waals surface area contributed by atoms with E-state index >= 15 is 0 Å². The summed E-state index contributed by atoms with van der Waals surface area (Å²) < 4.78 is 10.2. The molecule has 1 rings (SSSR count). The van der Waals surface area contributed by atoms with Crippen molar-refractivity contribution in [3.8, 4) is 0 Å². The van der Waals surface area contributed by atoms with Crippen molar-refractivity contribution in [2.75, 3.05) is 19.8 Å². The molecule has 1 heterocycles. The van der Waals surface area contributed by atoms with Gasteiger partial charge < -0.3 is 9.47 Å². The molecule has 1 fully saturated rings. The molecule has 0 spiro atoms. The van der Waals surface area contributed by atoms with Gasteiger partial charge in [0.25, 0.3) is 0 Å². The molecule has 3 heteroatoms. The quantitative estimate of drug-likeness (QED) is 0.651. The van der Waals surface area contributed by atoms with Crippen LogP contribution in [-0.4, -0.2) is 25.8 Å². The van der Waals surface area contributed by atoms with Crippen molar-refractivity contribution in [3.05, 3.63) is 0 Å². The van der Waals surface area contributed by atoms with Crippen LogP contribution in [0.1, 0.15) is 33.1 Å². The number of hydrogen-bond acceptors (Lipinski definition) is 3. The molecule has 0 saturated carbocycles. The van der Waals surface area contributed by atoms with Crippen LogP contribution < -0.4 is 0 Å². The largest absolute Gasteiger partial charge is 0.466 e. The Labute approximate surface area is 85.8 Å². The average Bonchev–Trinajstić information content (AvgIpc) is 2.19. The molecule has 0 unspecified atom stereocenters. The van der Waals surface area contributed by atoms with Crippen LogP contribution in [0.5, 0.6) is 0 Å². The lowest BCUT2D eigenvalue weighted by Crippen LogP contribution is -2.22. The zero-order valence-corrected chi connectivity index (χ0v) is 9.12. The third kappa shape index (κ3) is 3.66. The predicted octanol–water partition coefficient (Wildman–Crippen LogP) is 2.00. The minimum Gasteiger partial charge on any atom is -0.466 e. The van der Waals surface area contributed by atoms with Crippen LogP contribution in [0.4, 0.5) is 0 Å². The van der Waals surface area contributed by atoms with Gasteiger partial charge in [-0.25, -0.2) is 0 Å². The standard InChI is InChI=1S/C11H20O3/c1-3-14-11(12)9(2)8-10-4-6-13-7-5-10/h9-10H,3-8H2,1-2H3/t9-/m0/s1. The summed E-state index contributed by atoms with van der Waals surface area (Å²) in [4.78, 5) is 11.4. The lowest BCUT2D eigenvalue weighted by Gasteiger charge is -2.23. The number of carbonyl (C=O) groups excluding carboxylic acids is 1. The Morgan fingerprint density at radius 2 is 2.14 bits per heavy atom. The second-order valence-corrected chi connectivity index (χ2v) is 3.94. The Bertz CT molecular complexity index is 173. The van der Waals surface area contributed by atoms with Crippen molar-refractivity contribution in [1.82, 2.24) is 0 Å². The van der Waals surface area contributed by atoms with Gasteiger partial charge in [-0.2, -0.15) is 0 Å². The summed E-state index contributed by atoms with van der Waals surface area (Å²) in [7, 11) is 0. The van der Waals surface area contributed by atoms with Crippen molar-refractivity contribution in [2.24, 2.45) is 11.8 Å². The van der Waals surface area contributed by atoms with E-state index in [1.54, 1.807) is 0 Å². The first kappa shape index (κ1) is 11.5. The number of ether oxygens (including phenoxy) is 2. The first-order valence-corrected chi connectivity index (χ1v) is 5.48. The minimum atomic E-state index is -0.0565. The van der Waals surface area contributed by atoms with Gasteiger partial charge in [0.1, 0.15) is 0 Å². The normalized spacial score (nSPS) is 20.4. The fourth-order valence-corrected chi connectivity index (χ4v) is 1.86. The van der Waals surface area contributed by atoms with Crippen molar-refractivity contribution < 1.29 is 14.3 Å². The van der Waals surface area contributed by atoms with Crippen LogP contribution in [0.15, 0.2) is 0 Å². The maximum atomic E-state index is 11.4. The smallest absolute Gasteiger partial charge is 0.308 e. The van der Waals surface area contributed by atoms with Crippen LogP contribution in [0.3, 0.4) is 0 Å². The van der Waals surface area contributed by atoms with Crippen molar-refractivity contribution in [3.63, 3.8) is 0 Å². The summed E-state index contributed by atoms with van der Waals surface area (Å²) >= 11 is 0. The first-order chi connectivity index (χ1) is 6.74. The molecular formula is C11H20O3. The molecule has 0 aromatic heterocycles. The zero-order valence-electron chi connectivity index (χ0n) is 9.12. The highest BCUT2D eigenvalue weighted by atomic mass is 16.5. The van der Waals surface area contributed by atoms with E-state index in [2.05, 4.69) is 0 Å². The average molecular weight is 200 g/mol. The molecule has 0 aromatic carbocycles. The van der Waals surface area contributed by atoms with Crippen molar-refractivity contribution in [1.29, 1.82) is 0 Å². The summed E-state index contributed by atoms with van der Waals surface area (Å²) in [5.41, 5.74) is 0. The highest BCUT2D eigenvalue weighted by molar-refractivity contribution is 5.71. The molecule has 0 amide bonds. The predicted molar refractivity (Wildman–Crippen MR) is 54.0 cm³/mol. The van der Waals surface area contributed by atoms with E-state index in [0.29, 0.717) is 12.5 Å². The minimum absolute atomic E-state index is 0.0399. The van der Waals surface area contributed by atoms with Gasteiger partial charge in [0.2, 0.25) is 0 Å². The van der Waals surface area contributed by atoms with E-state index in [1.165, 1.54) is 0 Å². The molecule has 1 aliphatic rings. The summed E-state index contributed by atoms with van der Waals surface area (Å²) in [5, 5.41) is 0. The van der Waals surface area contributed by atoms with E-state index < -0.39 is 0 Å². The Kier molecular flexibility index (Phi) is 4.94. The van der Waals surface area contributed by atoms with Crippen molar-refractivity contribution in [2.45, 2.75) is 33.1 Å². The Hall–Kier alpha value is -0.570. The van der Waals surface area contributed by atoms with E-state index in [0.717, 1.165) is 32.5 Å². The second kappa shape index (κ2) is 6.02. The van der Waals surface area contributed by atoms with Crippen LogP contribution in [-0.2, 0) is 14.3 Å². The lowest BCUT2D eigenvalue weighted by molar-refractivity contribution is -0.148. The molecule has 14 heavy (non-hydrogen) atoms. The number of carbonyl (C=O) groups is 1. The molecule has 1 saturated heterocycles. The number of esters is 1. The van der Waals surface area contributed by atoms with Gasteiger partial charge in [-0.15, -0.1) is 0 Å². The van der Waals surface area contributed by atoms with Crippen LogP contribution in [0, 0.1) is 11.8 Å². The Morgan fingerprint density at radius 3 is 2.71 bits per heavy atom. The van der Waals surface area contributed by atoms with Gasteiger partial charge in [0.05, 0.1) is 12.5 Å². The fraction of sp³-hybridized carbons (Fsp3) is 0.909. The highest BCUT2D eigenvalue weighted by Crippen LogP contribution is 2.23. The maximum absolute atomic E-state index is 11.4. The monoisotopic (exact) mass is 200 g/mol. The van der Waals surface area contributed by atoms with Gasteiger partial charge in [-0.05, 0) is 32.1 Å². The maximum Gasteiger partial charge on any atom is 0.308 e. The Morgan fingerprint density at radius 1 is 1.50 bits per heavy atom. The van der Waals surface area contributed by atoms with E-state index in [9.17, 15) is 4.79 Å². The molecule has 0 N–H and O–H groups in total. The molecule has 0 aromatic rings. The zero-order chi connectivity index (χ0) is 10.4. The summed E-state index contributed by atoms with van der Waals surface area (Å²) in [6.07, 6.45) is 3.12. The van der Waals surface area contributed by atoms with Gasteiger partial charge in [0.15, 0.2) is 0 Å². The van der Waals surface area contributed by atoms with Gasteiger partial charge >= 0.3 is 5.97 Å². The van der Waals surface area contributed by atoms with E-state index in [4.69, 9.17) is 9.47 Å². The van der Waals surface area contributed by atoms with Crippen LogP contribution >= 0.6 is 0 Å². The van der Waals surface area contributed by atoms with Gasteiger partial charge in [0, 0.05) is 13.2 Å². The first-order valence-electron chi connectivity index (χ1n) is 5.48. The van der Waals surface area contributed by atoms with Gasteiger partial charge in [-0.1, -0.05) is 6.92 Å².